The summed E-state index contributed by atoms with van der Waals surface area (Å²) in [4.78, 5) is 4.88. The van der Waals surface area contributed by atoms with E-state index in [-0.39, 0.29) is 0 Å². The van der Waals surface area contributed by atoms with Crippen LogP contribution in [0.15, 0.2) is 23.2 Å². The molecule has 0 radical (unpaired) electrons. The van der Waals surface area contributed by atoms with Crippen molar-refractivity contribution >= 4 is 14.3 Å². The van der Waals surface area contributed by atoms with E-state index in [2.05, 4.69) is 19.6 Å². The molecule has 0 aromatic heterocycles. The number of rotatable bonds is 3. The van der Waals surface area contributed by atoms with E-state index in [4.69, 9.17) is 4.99 Å². The lowest BCUT2D eigenvalue weighted by atomic mass is 9.95. The van der Waals surface area contributed by atoms with Crippen LogP contribution in [0.2, 0.25) is 25.2 Å². The molecule has 3 heteroatoms. The molecule has 4 unspecified atom stereocenters. The van der Waals surface area contributed by atoms with Gasteiger partial charge >= 0.3 is 0 Å². The van der Waals surface area contributed by atoms with Crippen LogP contribution in [0.25, 0.3) is 0 Å². The number of hydrogen-bond acceptors (Lipinski definition) is 2. The molecule has 1 N–H and O–H groups in total. The standard InChI is InChI=1S/C18H27NOSi/c1-12-6-5-7-14(18(12)20)11-19-16-9-13-8-15(16)17(10-13)21(2,3)4/h5-7,11,13,15-17,20H,8-10H2,1-4H3. The lowest BCUT2D eigenvalue weighted by molar-refractivity contribution is 0.412. The molecule has 0 aliphatic heterocycles. The summed E-state index contributed by atoms with van der Waals surface area (Å²) in [6.07, 6.45) is 6.00. The molecule has 114 valence electrons. The van der Waals surface area contributed by atoms with Crippen molar-refractivity contribution in [1.82, 2.24) is 0 Å². The number of hydrogen-bond donors (Lipinski definition) is 1. The molecule has 4 atom stereocenters. The maximum Gasteiger partial charge on any atom is 0.127 e. The summed E-state index contributed by atoms with van der Waals surface area (Å²) >= 11 is 0. The number of aryl methyl sites for hydroxylation is 1. The topological polar surface area (TPSA) is 32.6 Å². The van der Waals surface area contributed by atoms with Gasteiger partial charge in [0.25, 0.3) is 0 Å². The summed E-state index contributed by atoms with van der Waals surface area (Å²) in [5.74, 6) is 2.08. The normalized spacial score (nSPS) is 32.2. The molecule has 0 heterocycles. The van der Waals surface area contributed by atoms with Gasteiger partial charge in [-0.25, -0.2) is 0 Å². The molecular formula is C18H27NOSi. The van der Waals surface area contributed by atoms with Crippen LogP contribution < -0.4 is 0 Å². The Labute approximate surface area is 129 Å². The third-order valence-electron chi connectivity index (χ3n) is 5.57. The van der Waals surface area contributed by atoms with E-state index >= 15 is 0 Å². The van der Waals surface area contributed by atoms with Crippen molar-refractivity contribution in [3.8, 4) is 5.75 Å². The highest BCUT2D eigenvalue weighted by molar-refractivity contribution is 6.77. The van der Waals surface area contributed by atoms with Crippen molar-refractivity contribution in [2.75, 3.05) is 0 Å². The summed E-state index contributed by atoms with van der Waals surface area (Å²) < 4.78 is 0. The Bertz CT molecular complexity index is 561. The second kappa shape index (κ2) is 5.27. The van der Waals surface area contributed by atoms with E-state index in [9.17, 15) is 5.11 Å². The van der Waals surface area contributed by atoms with E-state index in [1.807, 2.05) is 31.3 Å². The fourth-order valence-corrected chi connectivity index (χ4v) is 7.13. The SMILES string of the molecule is Cc1cccc(C=NC2CC3CC2C([Si](C)(C)C)C3)c1O. The van der Waals surface area contributed by atoms with Gasteiger partial charge in [-0.2, -0.15) is 0 Å². The van der Waals surface area contributed by atoms with Crippen LogP contribution in [0.4, 0.5) is 0 Å². The van der Waals surface area contributed by atoms with E-state index < -0.39 is 8.07 Å². The zero-order valence-electron chi connectivity index (χ0n) is 13.6. The van der Waals surface area contributed by atoms with Gasteiger partial charge in [-0.1, -0.05) is 31.8 Å². The Morgan fingerprint density at radius 1 is 1.19 bits per heavy atom. The average Bonchev–Trinajstić information content (AvgIpc) is 2.99. The molecule has 2 bridgehead atoms. The highest BCUT2D eigenvalue weighted by atomic mass is 28.3. The molecule has 0 spiro atoms. The van der Waals surface area contributed by atoms with Gasteiger partial charge in [0.15, 0.2) is 0 Å². The molecule has 2 nitrogen and oxygen atoms in total. The highest BCUT2D eigenvalue weighted by Crippen LogP contribution is 2.56. The largest absolute Gasteiger partial charge is 0.507 e. The lowest BCUT2D eigenvalue weighted by Gasteiger charge is -2.35. The van der Waals surface area contributed by atoms with Crippen molar-refractivity contribution in [2.45, 2.75) is 57.4 Å². The van der Waals surface area contributed by atoms with Crippen LogP contribution in [-0.4, -0.2) is 25.4 Å². The number of benzene rings is 1. The zero-order chi connectivity index (χ0) is 15.2. The van der Waals surface area contributed by atoms with Crippen molar-refractivity contribution in [2.24, 2.45) is 16.8 Å². The van der Waals surface area contributed by atoms with Crippen LogP contribution in [-0.2, 0) is 0 Å². The Balaban J connectivity index is 1.77. The molecule has 0 amide bonds. The highest BCUT2D eigenvalue weighted by Gasteiger charge is 2.50. The van der Waals surface area contributed by atoms with Crippen LogP contribution in [0.1, 0.15) is 30.4 Å². The number of para-hydroxylation sites is 1. The molecule has 2 saturated carbocycles. The number of phenols is 1. The fourth-order valence-electron chi connectivity index (χ4n) is 4.44. The Hall–Kier alpha value is -1.09. The summed E-state index contributed by atoms with van der Waals surface area (Å²) in [7, 11) is -1.07. The Morgan fingerprint density at radius 3 is 2.62 bits per heavy atom. The van der Waals surface area contributed by atoms with Crippen LogP contribution >= 0.6 is 0 Å². The smallest absolute Gasteiger partial charge is 0.127 e. The van der Waals surface area contributed by atoms with Gasteiger partial charge in [-0.05, 0) is 55.2 Å². The Kier molecular flexibility index (Phi) is 3.72. The number of fused-ring (bicyclic) bond motifs is 2. The maximum atomic E-state index is 10.1. The second-order valence-electron chi connectivity index (χ2n) is 8.07. The van der Waals surface area contributed by atoms with E-state index in [1.54, 1.807) is 0 Å². The number of aromatic hydroxyl groups is 1. The first-order chi connectivity index (χ1) is 9.86. The molecule has 2 fully saturated rings. The molecule has 2 aliphatic carbocycles. The summed E-state index contributed by atoms with van der Waals surface area (Å²) in [5.41, 5.74) is 2.72. The summed E-state index contributed by atoms with van der Waals surface area (Å²) in [5, 5.41) is 10.1. The molecule has 1 aromatic carbocycles. The van der Waals surface area contributed by atoms with E-state index in [0.29, 0.717) is 11.8 Å². The number of nitrogens with zero attached hydrogens (tertiary/aromatic N) is 1. The van der Waals surface area contributed by atoms with Crippen molar-refractivity contribution in [1.29, 1.82) is 0 Å². The molecular weight excluding hydrogens is 274 g/mol. The van der Waals surface area contributed by atoms with Gasteiger partial charge in [-0.3, -0.25) is 4.99 Å². The number of phenolic OH excluding ortho intramolecular Hbond substituents is 1. The van der Waals surface area contributed by atoms with Gasteiger partial charge in [0.2, 0.25) is 0 Å². The van der Waals surface area contributed by atoms with Crippen molar-refractivity contribution in [3.63, 3.8) is 0 Å². The van der Waals surface area contributed by atoms with Crippen molar-refractivity contribution in [3.05, 3.63) is 29.3 Å². The van der Waals surface area contributed by atoms with Gasteiger partial charge in [0.1, 0.15) is 5.75 Å². The first kappa shape index (κ1) is 14.8. The monoisotopic (exact) mass is 301 g/mol. The molecule has 0 saturated heterocycles. The third-order valence-corrected chi connectivity index (χ3v) is 8.45. The minimum absolute atomic E-state index is 0.381. The molecule has 1 aromatic rings. The summed E-state index contributed by atoms with van der Waals surface area (Å²) in [6.45, 7) is 9.45. The first-order valence-electron chi connectivity index (χ1n) is 8.18. The van der Waals surface area contributed by atoms with Crippen LogP contribution in [0.5, 0.6) is 5.75 Å². The third kappa shape index (κ3) is 2.80. The van der Waals surface area contributed by atoms with Gasteiger partial charge in [-0.15, -0.1) is 0 Å². The minimum atomic E-state index is -1.07. The second-order valence-corrected chi connectivity index (χ2v) is 13.5. The quantitative estimate of drug-likeness (QED) is 0.641. The molecule has 21 heavy (non-hydrogen) atoms. The van der Waals surface area contributed by atoms with Gasteiger partial charge in [0.05, 0.1) is 6.04 Å². The van der Waals surface area contributed by atoms with E-state index in [1.165, 1.54) is 19.3 Å². The predicted octanol–water partition coefficient (Wildman–Crippen LogP) is 4.63. The maximum absolute atomic E-state index is 10.1. The molecule has 3 rings (SSSR count). The van der Waals surface area contributed by atoms with Gasteiger partial charge in [0, 0.05) is 19.9 Å². The average molecular weight is 302 g/mol. The van der Waals surface area contributed by atoms with E-state index in [0.717, 1.165) is 28.5 Å². The number of aliphatic imine (C=N–C) groups is 1. The predicted molar refractivity (Wildman–Crippen MR) is 92.2 cm³/mol. The van der Waals surface area contributed by atoms with Crippen molar-refractivity contribution < 1.29 is 5.11 Å². The fraction of sp³-hybridized carbons (Fsp3) is 0.611. The molecule has 2 aliphatic rings. The minimum Gasteiger partial charge on any atom is -0.507 e. The van der Waals surface area contributed by atoms with Crippen LogP contribution in [0.3, 0.4) is 0 Å². The Morgan fingerprint density at radius 2 is 1.95 bits per heavy atom. The first-order valence-corrected chi connectivity index (χ1v) is 11.8. The van der Waals surface area contributed by atoms with Crippen LogP contribution in [0, 0.1) is 18.8 Å². The lowest BCUT2D eigenvalue weighted by Crippen LogP contribution is -2.36. The van der Waals surface area contributed by atoms with Gasteiger partial charge < -0.3 is 5.11 Å². The summed E-state index contributed by atoms with van der Waals surface area (Å²) in [6, 6.07) is 6.36. The zero-order valence-corrected chi connectivity index (χ0v) is 14.6.